The fourth-order valence-corrected chi connectivity index (χ4v) is 2.02. The molecule has 0 spiro atoms. The van der Waals surface area contributed by atoms with Crippen molar-refractivity contribution in [2.24, 2.45) is 0 Å². The highest BCUT2D eigenvalue weighted by Crippen LogP contribution is 2.39. The fourth-order valence-electron chi connectivity index (χ4n) is 2.02. The minimum Gasteiger partial charge on any atom is -0.258 e. The van der Waals surface area contributed by atoms with Crippen molar-refractivity contribution in [2.45, 2.75) is 0 Å². The molecule has 0 unspecified atom stereocenters. The Morgan fingerprint density at radius 2 is 1.04 bits per heavy atom. The topological polar surface area (TPSA) is 173 Å². The Morgan fingerprint density at radius 3 is 1.54 bits per heavy atom. The highest BCUT2D eigenvalue weighted by atomic mass is 16.6. The van der Waals surface area contributed by atoms with Gasteiger partial charge in [0, 0.05) is 24.3 Å². The maximum atomic E-state index is 11.1. The molecule has 2 aromatic carbocycles. The van der Waals surface area contributed by atoms with Gasteiger partial charge >= 0.3 is 0 Å². The van der Waals surface area contributed by atoms with Crippen LogP contribution in [0.4, 0.5) is 22.7 Å². The van der Waals surface area contributed by atoms with E-state index >= 15 is 0 Å². The quantitative estimate of drug-likeness (QED) is 0.592. The van der Waals surface area contributed by atoms with Crippen LogP contribution in [-0.4, -0.2) is 19.7 Å². The SMILES string of the molecule is O=[N+]([O-])c1ccc([N+](=O)[O-])c(-c2ccc([N+](=O)[O-])cc2[N+](=O)[O-])c1. The van der Waals surface area contributed by atoms with E-state index in [2.05, 4.69) is 0 Å². The molecule has 0 aliphatic carbocycles. The lowest BCUT2D eigenvalue weighted by Gasteiger charge is -2.05. The molecule has 0 radical (unpaired) electrons. The minimum atomic E-state index is -0.953. The van der Waals surface area contributed by atoms with Crippen LogP contribution in [0, 0.1) is 40.5 Å². The van der Waals surface area contributed by atoms with Gasteiger partial charge in [-0.3, -0.25) is 40.5 Å². The molecule has 12 nitrogen and oxygen atoms in total. The molecule has 2 rings (SSSR count). The van der Waals surface area contributed by atoms with Gasteiger partial charge in [0.05, 0.1) is 36.9 Å². The van der Waals surface area contributed by atoms with Crippen LogP contribution in [0.2, 0.25) is 0 Å². The summed E-state index contributed by atoms with van der Waals surface area (Å²) in [5, 5.41) is 43.8. The van der Waals surface area contributed by atoms with Gasteiger partial charge in [-0.2, -0.15) is 0 Å². The monoisotopic (exact) mass is 334 g/mol. The summed E-state index contributed by atoms with van der Waals surface area (Å²) in [7, 11) is 0. The zero-order valence-electron chi connectivity index (χ0n) is 11.5. The molecule has 0 aromatic heterocycles. The molecule has 0 amide bonds. The van der Waals surface area contributed by atoms with Gasteiger partial charge in [0.25, 0.3) is 22.7 Å². The van der Waals surface area contributed by atoms with Gasteiger partial charge < -0.3 is 0 Å². The predicted octanol–water partition coefficient (Wildman–Crippen LogP) is 2.99. The van der Waals surface area contributed by atoms with Crippen LogP contribution in [-0.2, 0) is 0 Å². The number of benzene rings is 2. The van der Waals surface area contributed by atoms with Crippen molar-refractivity contribution in [3.63, 3.8) is 0 Å². The van der Waals surface area contributed by atoms with E-state index in [4.69, 9.17) is 0 Å². The van der Waals surface area contributed by atoms with E-state index in [1.165, 1.54) is 0 Å². The van der Waals surface area contributed by atoms with Gasteiger partial charge in [0.2, 0.25) is 0 Å². The lowest BCUT2D eigenvalue weighted by Crippen LogP contribution is -1.99. The summed E-state index contributed by atoms with van der Waals surface area (Å²) >= 11 is 0. The number of non-ortho nitro benzene ring substituents is 2. The lowest BCUT2D eigenvalue weighted by atomic mass is 10.0. The van der Waals surface area contributed by atoms with Crippen molar-refractivity contribution >= 4 is 22.7 Å². The second kappa shape index (κ2) is 6.04. The maximum absolute atomic E-state index is 11.1. The van der Waals surface area contributed by atoms with Crippen LogP contribution >= 0.6 is 0 Å². The van der Waals surface area contributed by atoms with E-state index in [9.17, 15) is 40.5 Å². The second-order valence-corrected chi connectivity index (χ2v) is 4.43. The largest absolute Gasteiger partial charge is 0.284 e. The third-order valence-corrected chi connectivity index (χ3v) is 3.07. The fraction of sp³-hybridized carbons (Fsp3) is 0. The first-order chi connectivity index (χ1) is 11.2. The summed E-state index contributed by atoms with van der Waals surface area (Å²) in [5.41, 5.74) is -3.18. The molecule has 12 heteroatoms. The minimum absolute atomic E-state index is 0.332. The molecule has 0 aliphatic heterocycles. The van der Waals surface area contributed by atoms with E-state index in [1.807, 2.05) is 0 Å². The molecule has 0 N–H and O–H groups in total. The van der Waals surface area contributed by atoms with Gasteiger partial charge in [-0.05, 0) is 6.07 Å². The van der Waals surface area contributed by atoms with Gasteiger partial charge in [-0.25, -0.2) is 0 Å². The molecule has 0 fully saturated rings. The van der Waals surface area contributed by atoms with Crippen LogP contribution in [0.1, 0.15) is 0 Å². The Morgan fingerprint density at radius 1 is 0.542 bits per heavy atom. The van der Waals surface area contributed by atoms with E-state index in [0.717, 1.165) is 30.3 Å². The van der Waals surface area contributed by atoms with Crippen molar-refractivity contribution in [1.82, 2.24) is 0 Å². The molecular weight excluding hydrogens is 328 g/mol. The van der Waals surface area contributed by atoms with Crippen molar-refractivity contribution in [1.29, 1.82) is 0 Å². The molecule has 0 heterocycles. The molecule has 0 bridgehead atoms. The van der Waals surface area contributed by atoms with E-state index in [1.54, 1.807) is 0 Å². The van der Waals surface area contributed by atoms with Gasteiger partial charge in [-0.1, -0.05) is 0 Å². The molecule has 122 valence electrons. The molecule has 0 atom stereocenters. The molecule has 0 saturated heterocycles. The zero-order valence-corrected chi connectivity index (χ0v) is 11.5. The van der Waals surface area contributed by atoms with Crippen LogP contribution in [0.5, 0.6) is 0 Å². The van der Waals surface area contributed by atoms with E-state index < -0.39 is 42.4 Å². The summed E-state index contributed by atoms with van der Waals surface area (Å²) in [5.74, 6) is 0. The molecule has 24 heavy (non-hydrogen) atoms. The van der Waals surface area contributed by atoms with Crippen LogP contribution in [0.15, 0.2) is 36.4 Å². The number of hydrogen-bond acceptors (Lipinski definition) is 8. The number of nitro groups is 4. The normalized spacial score (nSPS) is 10.2. The molecular formula is C12H6N4O8. The summed E-state index contributed by atoms with van der Waals surface area (Å²) in [6.07, 6.45) is 0. The highest BCUT2D eigenvalue weighted by Gasteiger charge is 2.27. The van der Waals surface area contributed by atoms with Gasteiger partial charge in [-0.15, -0.1) is 0 Å². The second-order valence-electron chi connectivity index (χ2n) is 4.43. The van der Waals surface area contributed by atoms with Crippen LogP contribution in [0.3, 0.4) is 0 Å². The highest BCUT2D eigenvalue weighted by molar-refractivity contribution is 5.83. The maximum Gasteiger partial charge on any atom is 0.284 e. The summed E-state index contributed by atoms with van der Waals surface area (Å²) in [6, 6.07) is 5.05. The number of rotatable bonds is 5. The molecule has 2 aromatic rings. The summed E-state index contributed by atoms with van der Waals surface area (Å²) in [6.45, 7) is 0. The number of hydrogen-bond donors (Lipinski definition) is 0. The average Bonchev–Trinajstić information content (AvgIpc) is 2.53. The van der Waals surface area contributed by atoms with Gasteiger partial charge in [0.15, 0.2) is 0 Å². The lowest BCUT2D eigenvalue weighted by molar-refractivity contribution is -0.394. The van der Waals surface area contributed by atoms with Gasteiger partial charge in [0.1, 0.15) is 0 Å². The summed E-state index contributed by atoms with van der Waals surface area (Å²) in [4.78, 5) is 40.3. The number of nitro benzene ring substituents is 4. The Bertz CT molecular complexity index is 895. The first-order valence-corrected chi connectivity index (χ1v) is 6.08. The first kappa shape index (κ1) is 16.4. The van der Waals surface area contributed by atoms with E-state index in [0.29, 0.717) is 6.07 Å². The van der Waals surface area contributed by atoms with Crippen molar-refractivity contribution in [2.75, 3.05) is 0 Å². The van der Waals surface area contributed by atoms with Crippen molar-refractivity contribution in [3.05, 3.63) is 76.9 Å². The third kappa shape index (κ3) is 2.96. The Balaban J connectivity index is 2.81. The average molecular weight is 334 g/mol. The number of nitrogens with zero attached hydrogens (tertiary/aromatic N) is 4. The Kier molecular flexibility index (Phi) is 4.13. The molecule has 0 saturated carbocycles. The Hall–Kier alpha value is -3.96. The molecule has 0 aliphatic rings. The van der Waals surface area contributed by atoms with Crippen molar-refractivity contribution in [3.8, 4) is 11.1 Å². The standard InChI is InChI=1S/C12H6N4O8/c17-13(18)7-2-4-11(15(21)22)10(5-7)9-3-1-8(14(19)20)6-12(9)16(23)24/h1-6H. The van der Waals surface area contributed by atoms with Crippen LogP contribution < -0.4 is 0 Å². The van der Waals surface area contributed by atoms with Crippen LogP contribution in [0.25, 0.3) is 11.1 Å². The van der Waals surface area contributed by atoms with E-state index in [-0.39, 0.29) is 11.1 Å². The predicted molar refractivity (Wildman–Crippen MR) is 78.5 cm³/mol. The summed E-state index contributed by atoms with van der Waals surface area (Å²) < 4.78 is 0. The zero-order chi connectivity index (χ0) is 18.0. The Labute approximate surface area is 131 Å². The third-order valence-electron chi connectivity index (χ3n) is 3.07. The smallest absolute Gasteiger partial charge is 0.258 e. The van der Waals surface area contributed by atoms with Crippen molar-refractivity contribution < 1.29 is 19.7 Å². The first-order valence-electron chi connectivity index (χ1n) is 6.08.